The molecule has 1 aromatic rings. The molecule has 1 spiro atoms. The maximum absolute atomic E-state index is 12.7. The number of amides is 2. The maximum Gasteiger partial charge on any atom is 0.237 e. The third-order valence-corrected chi connectivity index (χ3v) is 5.80. The first-order chi connectivity index (χ1) is 9.53. The van der Waals surface area contributed by atoms with Crippen LogP contribution in [0, 0.1) is 19.3 Å². The van der Waals surface area contributed by atoms with Gasteiger partial charge < -0.3 is 0 Å². The quantitative estimate of drug-likeness (QED) is 0.786. The molecule has 0 aliphatic carbocycles. The van der Waals surface area contributed by atoms with Crippen molar-refractivity contribution in [1.29, 1.82) is 0 Å². The lowest BCUT2D eigenvalue weighted by Gasteiger charge is -2.21. The number of aryl methyl sites for hydroxylation is 2. The molecule has 1 aromatic carbocycles. The van der Waals surface area contributed by atoms with E-state index in [1.54, 1.807) is 11.8 Å². The molecular formula is C16H19NO2S. The van der Waals surface area contributed by atoms with E-state index in [0.717, 1.165) is 34.6 Å². The summed E-state index contributed by atoms with van der Waals surface area (Å²) in [7, 11) is 0. The number of rotatable bonds is 2. The Labute approximate surface area is 123 Å². The van der Waals surface area contributed by atoms with Gasteiger partial charge in [-0.2, -0.15) is 11.8 Å². The highest BCUT2D eigenvalue weighted by Gasteiger charge is 2.52. The highest BCUT2D eigenvalue weighted by atomic mass is 32.2. The van der Waals surface area contributed by atoms with Gasteiger partial charge in [-0.3, -0.25) is 14.5 Å². The molecule has 20 heavy (non-hydrogen) atoms. The molecule has 2 aliphatic rings. The van der Waals surface area contributed by atoms with Crippen LogP contribution in [0.25, 0.3) is 0 Å². The molecule has 0 aromatic heterocycles. The number of hydrogen-bond donors (Lipinski definition) is 0. The molecule has 0 saturated carbocycles. The van der Waals surface area contributed by atoms with Crippen LogP contribution in [0.2, 0.25) is 0 Å². The van der Waals surface area contributed by atoms with E-state index in [2.05, 4.69) is 0 Å². The predicted octanol–water partition coefficient (Wildman–Crippen LogP) is 2.69. The summed E-state index contributed by atoms with van der Waals surface area (Å²) in [5.74, 6) is 1.85. The summed E-state index contributed by atoms with van der Waals surface area (Å²) in [5, 5.41) is 0. The fourth-order valence-corrected chi connectivity index (χ4v) is 4.63. The van der Waals surface area contributed by atoms with Gasteiger partial charge in [-0.25, -0.2) is 0 Å². The number of carbonyl (C=O) groups is 2. The van der Waals surface area contributed by atoms with Crippen molar-refractivity contribution in [2.75, 3.05) is 11.5 Å². The predicted molar refractivity (Wildman–Crippen MR) is 80.5 cm³/mol. The number of thioether (sulfide) groups is 1. The number of imide groups is 1. The largest absolute Gasteiger partial charge is 0.278 e. The van der Waals surface area contributed by atoms with Crippen molar-refractivity contribution < 1.29 is 9.59 Å². The van der Waals surface area contributed by atoms with Crippen molar-refractivity contribution in [3.8, 4) is 0 Å². The molecule has 1 unspecified atom stereocenters. The zero-order valence-corrected chi connectivity index (χ0v) is 12.8. The van der Waals surface area contributed by atoms with Crippen LogP contribution >= 0.6 is 11.8 Å². The van der Waals surface area contributed by atoms with Gasteiger partial charge in [0, 0.05) is 12.2 Å². The fourth-order valence-electron chi connectivity index (χ4n) is 3.19. The molecule has 3 nitrogen and oxygen atoms in total. The lowest BCUT2D eigenvalue weighted by molar-refractivity contribution is -0.141. The van der Waals surface area contributed by atoms with Crippen LogP contribution in [-0.4, -0.2) is 28.2 Å². The lowest BCUT2D eigenvalue weighted by Crippen LogP contribution is -2.35. The van der Waals surface area contributed by atoms with Gasteiger partial charge in [0.25, 0.3) is 0 Å². The Bertz CT molecular complexity index is 556. The van der Waals surface area contributed by atoms with Crippen molar-refractivity contribution in [3.05, 3.63) is 34.9 Å². The Balaban J connectivity index is 1.88. The van der Waals surface area contributed by atoms with Crippen molar-refractivity contribution in [2.45, 2.75) is 33.2 Å². The van der Waals surface area contributed by atoms with E-state index < -0.39 is 5.41 Å². The lowest BCUT2D eigenvalue weighted by atomic mass is 9.86. The summed E-state index contributed by atoms with van der Waals surface area (Å²) < 4.78 is 0. The molecular weight excluding hydrogens is 270 g/mol. The van der Waals surface area contributed by atoms with Crippen LogP contribution in [0.5, 0.6) is 0 Å². The third-order valence-electron chi connectivity index (χ3n) is 4.55. The van der Waals surface area contributed by atoms with Gasteiger partial charge >= 0.3 is 0 Å². The smallest absolute Gasteiger partial charge is 0.237 e. The van der Waals surface area contributed by atoms with Crippen LogP contribution in [0.4, 0.5) is 0 Å². The van der Waals surface area contributed by atoms with Gasteiger partial charge in [0.15, 0.2) is 0 Å². The molecule has 2 heterocycles. The van der Waals surface area contributed by atoms with Gasteiger partial charge in [0.2, 0.25) is 11.8 Å². The third kappa shape index (κ3) is 2.06. The Kier molecular flexibility index (Phi) is 3.36. The van der Waals surface area contributed by atoms with E-state index in [0.29, 0.717) is 13.0 Å². The van der Waals surface area contributed by atoms with Crippen LogP contribution in [0.15, 0.2) is 18.2 Å². The summed E-state index contributed by atoms with van der Waals surface area (Å²) in [5.41, 5.74) is 3.01. The van der Waals surface area contributed by atoms with E-state index in [1.165, 1.54) is 4.90 Å². The van der Waals surface area contributed by atoms with Crippen LogP contribution < -0.4 is 0 Å². The standard InChI is InChI=1S/C16H19NO2S/c1-11-4-3-5-12(2)13(11)9-17-14(18)8-16(15(17)19)6-7-20-10-16/h3-5H,6-10H2,1-2H3. The highest BCUT2D eigenvalue weighted by Crippen LogP contribution is 2.45. The van der Waals surface area contributed by atoms with E-state index in [9.17, 15) is 9.59 Å². The van der Waals surface area contributed by atoms with E-state index in [1.807, 2.05) is 32.0 Å². The molecule has 2 fully saturated rings. The zero-order valence-electron chi connectivity index (χ0n) is 11.9. The Hall–Kier alpha value is -1.29. The average Bonchev–Trinajstić information content (AvgIpc) is 2.95. The van der Waals surface area contributed by atoms with Crippen LogP contribution in [0.3, 0.4) is 0 Å². The molecule has 2 amide bonds. The minimum absolute atomic E-state index is 0.000142. The number of likely N-dealkylation sites (tertiary alicyclic amines) is 1. The van der Waals surface area contributed by atoms with Crippen molar-refractivity contribution in [2.24, 2.45) is 5.41 Å². The van der Waals surface area contributed by atoms with Gasteiger partial charge in [-0.15, -0.1) is 0 Å². The first-order valence-electron chi connectivity index (χ1n) is 7.01. The highest BCUT2D eigenvalue weighted by molar-refractivity contribution is 7.99. The second kappa shape index (κ2) is 4.92. The van der Waals surface area contributed by atoms with Crippen molar-refractivity contribution in [1.82, 2.24) is 4.90 Å². The number of nitrogens with zero attached hydrogens (tertiary/aromatic N) is 1. The minimum Gasteiger partial charge on any atom is -0.278 e. The second-order valence-corrected chi connectivity index (χ2v) is 7.02. The molecule has 2 aliphatic heterocycles. The van der Waals surface area contributed by atoms with Gasteiger partial charge in [-0.05, 0) is 42.7 Å². The first-order valence-corrected chi connectivity index (χ1v) is 8.17. The Morgan fingerprint density at radius 2 is 1.95 bits per heavy atom. The Morgan fingerprint density at radius 1 is 1.25 bits per heavy atom. The molecule has 0 bridgehead atoms. The van der Waals surface area contributed by atoms with E-state index in [-0.39, 0.29) is 11.8 Å². The second-order valence-electron chi connectivity index (χ2n) is 5.92. The molecule has 3 rings (SSSR count). The first kappa shape index (κ1) is 13.7. The van der Waals surface area contributed by atoms with Gasteiger partial charge in [-0.1, -0.05) is 18.2 Å². The van der Waals surface area contributed by atoms with Gasteiger partial charge in [0.1, 0.15) is 0 Å². The topological polar surface area (TPSA) is 37.4 Å². The summed E-state index contributed by atoms with van der Waals surface area (Å²) in [4.78, 5) is 26.4. The summed E-state index contributed by atoms with van der Waals surface area (Å²) in [6.07, 6.45) is 1.26. The number of hydrogen-bond acceptors (Lipinski definition) is 3. The van der Waals surface area contributed by atoms with Crippen molar-refractivity contribution in [3.63, 3.8) is 0 Å². The van der Waals surface area contributed by atoms with Crippen molar-refractivity contribution >= 4 is 23.6 Å². The molecule has 4 heteroatoms. The molecule has 0 radical (unpaired) electrons. The summed E-state index contributed by atoms with van der Waals surface area (Å²) in [6, 6.07) is 6.08. The fraction of sp³-hybridized carbons (Fsp3) is 0.500. The zero-order chi connectivity index (χ0) is 14.3. The molecule has 106 valence electrons. The molecule has 2 saturated heterocycles. The number of carbonyl (C=O) groups excluding carboxylic acids is 2. The summed E-state index contributed by atoms with van der Waals surface area (Å²) >= 11 is 1.79. The van der Waals surface area contributed by atoms with E-state index >= 15 is 0 Å². The average molecular weight is 289 g/mol. The van der Waals surface area contributed by atoms with Crippen LogP contribution in [0.1, 0.15) is 29.5 Å². The molecule has 0 N–H and O–H groups in total. The monoisotopic (exact) mass is 289 g/mol. The maximum atomic E-state index is 12.7. The minimum atomic E-state index is -0.391. The van der Waals surface area contributed by atoms with Gasteiger partial charge in [0.05, 0.1) is 12.0 Å². The van der Waals surface area contributed by atoms with E-state index in [4.69, 9.17) is 0 Å². The number of benzene rings is 1. The normalized spacial score (nSPS) is 26.0. The van der Waals surface area contributed by atoms with Crippen LogP contribution in [-0.2, 0) is 16.1 Å². The Morgan fingerprint density at radius 3 is 2.55 bits per heavy atom. The SMILES string of the molecule is Cc1cccc(C)c1CN1C(=O)CC2(CCSC2)C1=O. The molecule has 1 atom stereocenters. The summed E-state index contributed by atoms with van der Waals surface area (Å²) in [6.45, 7) is 4.51.